The van der Waals surface area contributed by atoms with Crippen molar-refractivity contribution in [2.24, 2.45) is 4.99 Å². The highest BCUT2D eigenvalue weighted by Crippen LogP contribution is 2.28. The van der Waals surface area contributed by atoms with Crippen LogP contribution in [0.1, 0.15) is 27.0 Å². The van der Waals surface area contributed by atoms with Gasteiger partial charge in [-0.1, -0.05) is 41.4 Å². The number of rotatable bonds is 4. The molecule has 154 valence electrons. The van der Waals surface area contributed by atoms with Crippen LogP contribution in [0.4, 0.5) is 5.69 Å². The normalized spacial score (nSPS) is 14.7. The Kier molecular flexibility index (Phi) is 5.69. The minimum Gasteiger partial charge on any atom is -0.465 e. The van der Waals surface area contributed by atoms with E-state index in [9.17, 15) is 9.59 Å². The first kappa shape index (κ1) is 20.6. The largest absolute Gasteiger partial charge is 0.465 e. The first-order chi connectivity index (χ1) is 15.0. The summed E-state index contributed by atoms with van der Waals surface area (Å²) < 4.78 is 4.72. The first-order valence-electron chi connectivity index (χ1n) is 9.62. The average molecular weight is 431 g/mol. The molecule has 0 bridgehead atoms. The van der Waals surface area contributed by atoms with Gasteiger partial charge >= 0.3 is 5.97 Å². The molecule has 1 aliphatic rings. The van der Waals surface area contributed by atoms with Crippen LogP contribution in [-0.4, -0.2) is 24.8 Å². The maximum atomic E-state index is 13.3. The van der Waals surface area contributed by atoms with Crippen molar-refractivity contribution in [1.82, 2.24) is 0 Å². The summed E-state index contributed by atoms with van der Waals surface area (Å²) in [5.74, 6) is -0.112. The van der Waals surface area contributed by atoms with Gasteiger partial charge in [0, 0.05) is 10.6 Å². The molecule has 0 saturated heterocycles. The number of hydrogen-bond donors (Lipinski definition) is 0. The fraction of sp³-hybridized carbons (Fsp3) is 0.0800. The van der Waals surface area contributed by atoms with E-state index in [1.165, 1.54) is 7.11 Å². The summed E-state index contributed by atoms with van der Waals surface area (Å²) in [7, 11) is 1.34. The third-order valence-electron chi connectivity index (χ3n) is 4.89. The van der Waals surface area contributed by atoms with E-state index in [2.05, 4.69) is 4.99 Å². The van der Waals surface area contributed by atoms with E-state index in [1.807, 2.05) is 43.3 Å². The molecule has 0 atom stereocenters. The van der Waals surface area contributed by atoms with Crippen molar-refractivity contribution in [3.8, 4) is 0 Å². The van der Waals surface area contributed by atoms with E-state index in [1.54, 1.807) is 47.4 Å². The molecule has 1 amide bonds. The van der Waals surface area contributed by atoms with Gasteiger partial charge in [-0.3, -0.25) is 9.69 Å². The van der Waals surface area contributed by atoms with E-state index in [-0.39, 0.29) is 5.91 Å². The van der Waals surface area contributed by atoms with Crippen molar-refractivity contribution in [1.29, 1.82) is 0 Å². The summed E-state index contributed by atoms with van der Waals surface area (Å²) >= 11 is 6.03. The molecule has 5 nitrogen and oxygen atoms in total. The number of methoxy groups -OCH3 is 1. The molecule has 0 saturated carbocycles. The highest BCUT2D eigenvalue weighted by Gasteiger charge is 2.32. The van der Waals surface area contributed by atoms with Crippen molar-refractivity contribution in [2.45, 2.75) is 6.92 Å². The lowest BCUT2D eigenvalue weighted by atomic mass is 10.1. The van der Waals surface area contributed by atoms with Gasteiger partial charge in [-0.15, -0.1) is 0 Å². The number of halogens is 1. The van der Waals surface area contributed by atoms with E-state index >= 15 is 0 Å². The summed E-state index contributed by atoms with van der Waals surface area (Å²) in [6, 6.07) is 21.7. The van der Waals surface area contributed by atoms with Gasteiger partial charge in [-0.2, -0.15) is 0 Å². The molecule has 6 heteroatoms. The van der Waals surface area contributed by atoms with Crippen LogP contribution in [0.5, 0.6) is 0 Å². The SMILES string of the molecule is COC(=O)c1ccc(/C=C2/N=C(c3ccc(Cl)cc3)N(c3ccc(C)cc3)C2=O)cc1. The molecule has 0 unspecified atom stereocenters. The average Bonchev–Trinajstić information content (AvgIpc) is 3.10. The fourth-order valence-electron chi connectivity index (χ4n) is 3.23. The van der Waals surface area contributed by atoms with Gasteiger partial charge in [0.15, 0.2) is 0 Å². The van der Waals surface area contributed by atoms with E-state index in [4.69, 9.17) is 16.3 Å². The van der Waals surface area contributed by atoms with Gasteiger partial charge in [0.1, 0.15) is 11.5 Å². The summed E-state index contributed by atoms with van der Waals surface area (Å²) in [5.41, 5.74) is 4.10. The van der Waals surface area contributed by atoms with Crippen LogP contribution in [-0.2, 0) is 9.53 Å². The Bertz CT molecular complexity index is 1200. The highest BCUT2D eigenvalue weighted by molar-refractivity contribution is 6.34. The fourth-order valence-corrected chi connectivity index (χ4v) is 3.36. The standard InChI is InChI=1S/C25H19ClN2O3/c1-16-3-13-21(14-4-16)28-23(18-9-11-20(26)12-10-18)27-22(24(28)29)15-17-5-7-19(8-6-17)25(30)31-2/h3-15H,1-2H3/b22-15+. The van der Waals surface area contributed by atoms with Gasteiger partial charge in [0.25, 0.3) is 5.91 Å². The molecule has 0 N–H and O–H groups in total. The number of amidine groups is 1. The second kappa shape index (κ2) is 8.58. The summed E-state index contributed by atoms with van der Waals surface area (Å²) in [6.45, 7) is 1.99. The lowest BCUT2D eigenvalue weighted by Crippen LogP contribution is -2.32. The number of carbonyl (C=O) groups is 2. The predicted octanol–water partition coefficient (Wildman–Crippen LogP) is 5.27. The number of nitrogens with zero attached hydrogens (tertiary/aromatic N) is 2. The number of esters is 1. The van der Waals surface area contributed by atoms with Crippen LogP contribution in [0.3, 0.4) is 0 Å². The van der Waals surface area contributed by atoms with Crippen molar-refractivity contribution < 1.29 is 14.3 Å². The molecule has 0 aromatic heterocycles. The Hall–Kier alpha value is -3.70. The molecule has 0 aliphatic carbocycles. The van der Waals surface area contributed by atoms with Crippen molar-refractivity contribution in [3.63, 3.8) is 0 Å². The Balaban J connectivity index is 1.75. The third kappa shape index (κ3) is 4.27. The molecule has 1 aliphatic heterocycles. The van der Waals surface area contributed by atoms with Crippen LogP contribution < -0.4 is 4.90 Å². The van der Waals surface area contributed by atoms with Gasteiger partial charge in [0.05, 0.1) is 18.4 Å². The van der Waals surface area contributed by atoms with Crippen LogP contribution in [0.2, 0.25) is 5.02 Å². The van der Waals surface area contributed by atoms with Crippen LogP contribution in [0.15, 0.2) is 83.5 Å². The topological polar surface area (TPSA) is 59.0 Å². The molecular weight excluding hydrogens is 412 g/mol. The van der Waals surface area contributed by atoms with E-state index in [0.717, 1.165) is 22.4 Å². The lowest BCUT2D eigenvalue weighted by Gasteiger charge is -2.18. The van der Waals surface area contributed by atoms with Gasteiger partial charge in [0.2, 0.25) is 0 Å². The number of anilines is 1. The predicted molar refractivity (Wildman–Crippen MR) is 122 cm³/mol. The number of carbonyl (C=O) groups excluding carboxylic acids is 2. The smallest absolute Gasteiger partial charge is 0.337 e. The summed E-state index contributed by atoms with van der Waals surface area (Å²) in [5, 5.41) is 0.608. The van der Waals surface area contributed by atoms with Crippen molar-refractivity contribution >= 4 is 41.1 Å². The first-order valence-corrected chi connectivity index (χ1v) is 10.00. The zero-order chi connectivity index (χ0) is 22.0. The second-order valence-electron chi connectivity index (χ2n) is 7.06. The number of aryl methyl sites for hydroxylation is 1. The minimum absolute atomic E-state index is 0.231. The minimum atomic E-state index is -0.412. The van der Waals surface area contributed by atoms with E-state index < -0.39 is 5.97 Å². The number of ether oxygens (including phenoxy) is 1. The number of hydrogen-bond acceptors (Lipinski definition) is 4. The van der Waals surface area contributed by atoms with Crippen LogP contribution in [0, 0.1) is 6.92 Å². The molecule has 4 rings (SSSR count). The molecule has 3 aromatic rings. The van der Waals surface area contributed by atoms with Gasteiger partial charge < -0.3 is 4.74 Å². The Morgan fingerprint density at radius 1 is 0.968 bits per heavy atom. The molecule has 3 aromatic carbocycles. The molecule has 31 heavy (non-hydrogen) atoms. The number of benzene rings is 3. The lowest BCUT2D eigenvalue weighted by molar-refractivity contribution is -0.113. The quantitative estimate of drug-likeness (QED) is 0.418. The number of aliphatic imine (C=N–C) groups is 1. The molecule has 0 fully saturated rings. The number of amides is 1. The molecule has 1 heterocycles. The van der Waals surface area contributed by atoms with E-state index in [0.29, 0.717) is 22.1 Å². The highest BCUT2D eigenvalue weighted by atomic mass is 35.5. The second-order valence-corrected chi connectivity index (χ2v) is 7.50. The van der Waals surface area contributed by atoms with Crippen LogP contribution >= 0.6 is 11.6 Å². The summed E-state index contributed by atoms with van der Waals surface area (Å²) in [6.07, 6.45) is 1.70. The molecular formula is C25H19ClN2O3. The maximum Gasteiger partial charge on any atom is 0.337 e. The Morgan fingerprint density at radius 2 is 1.61 bits per heavy atom. The maximum absolute atomic E-state index is 13.3. The van der Waals surface area contributed by atoms with Crippen molar-refractivity contribution in [3.05, 3.63) is 106 Å². The zero-order valence-corrected chi connectivity index (χ0v) is 17.8. The monoisotopic (exact) mass is 430 g/mol. The molecule has 0 radical (unpaired) electrons. The Morgan fingerprint density at radius 3 is 2.23 bits per heavy atom. The third-order valence-corrected chi connectivity index (χ3v) is 5.14. The molecule has 0 spiro atoms. The summed E-state index contributed by atoms with van der Waals surface area (Å²) in [4.78, 5) is 31.2. The van der Waals surface area contributed by atoms with Crippen molar-refractivity contribution in [2.75, 3.05) is 12.0 Å². The van der Waals surface area contributed by atoms with Gasteiger partial charge in [-0.25, -0.2) is 9.79 Å². The zero-order valence-electron chi connectivity index (χ0n) is 17.0. The van der Waals surface area contributed by atoms with Gasteiger partial charge in [-0.05, 0) is 67.1 Å². The Labute approximate surface area is 185 Å². The van der Waals surface area contributed by atoms with Crippen LogP contribution in [0.25, 0.3) is 6.08 Å².